The number of hydrogen-bond donors (Lipinski definition) is 1. The minimum absolute atomic E-state index is 0.129. The predicted molar refractivity (Wildman–Crippen MR) is 95.5 cm³/mol. The number of aromatic nitrogens is 2. The first kappa shape index (κ1) is 17.5. The molecule has 6 heteroatoms. The summed E-state index contributed by atoms with van der Waals surface area (Å²) in [6.07, 6.45) is 5.38. The van der Waals surface area contributed by atoms with E-state index in [1.165, 1.54) is 24.7 Å². The second kappa shape index (κ2) is 8.14. The first-order valence-corrected chi connectivity index (χ1v) is 9.45. The number of piperidine rings is 1. The van der Waals surface area contributed by atoms with Crippen LogP contribution in [0.25, 0.3) is 0 Å². The molecule has 3 heterocycles. The second-order valence-electron chi connectivity index (χ2n) is 6.64. The summed E-state index contributed by atoms with van der Waals surface area (Å²) in [4.78, 5) is 11.0. The van der Waals surface area contributed by atoms with E-state index in [2.05, 4.69) is 39.4 Å². The molecule has 0 bridgehead atoms. The van der Waals surface area contributed by atoms with Crippen molar-refractivity contribution in [2.24, 2.45) is 5.92 Å². The summed E-state index contributed by atoms with van der Waals surface area (Å²) in [5.74, 6) is 0.411. The van der Waals surface area contributed by atoms with Gasteiger partial charge in [-0.3, -0.25) is 9.88 Å². The van der Waals surface area contributed by atoms with Crippen LogP contribution in [0.2, 0.25) is 0 Å². The van der Waals surface area contributed by atoms with E-state index in [-0.39, 0.29) is 11.9 Å². The molecule has 130 valence electrons. The van der Waals surface area contributed by atoms with Crippen LogP contribution in [0.3, 0.4) is 0 Å². The Bertz CT molecular complexity index is 652. The summed E-state index contributed by atoms with van der Waals surface area (Å²) in [5.41, 5.74) is 2.10. The Morgan fingerprint density at radius 2 is 2.17 bits per heavy atom. The summed E-state index contributed by atoms with van der Waals surface area (Å²) in [5, 5.41) is 6.84. The fourth-order valence-electron chi connectivity index (χ4n) is 3.19. The lowest BCUT2D eigenvalue weighted by Gasteiger charge is -2.32. The molecule has 0 aromatic carbocycles. The molecule has 0 aliphatic carbocycles. The van der Waals surface area contributed by atoms with E-state index in [0.29, 0.717) is 5.92 Å². The highest BCUT2D eigenvalue weighted by Gasteiger charge is 2.20. The van der Waals surface area contributed by atoms with Gasteiger partial charge in [-0.15, -0.1) is 11.3 Å². The Balaban J connectivity index is 1.40. The molecule has 1 N–H and O–H groups in total. The van der Waals surface area contributed by atoms with E-state index in [1.54, 1.807) is 23.6 Å². The molecular formula is C18H25FN4S. The zero-order valence-electron chi connectivity index (χ0n) is 14.3. The summed E-state index contributed by atoms with van der Waals surface area (Å²) in [6.45, 7) is 8.31. The topological polar surface area (TPSA) is 41.1 Å². The number of nitrogens with one attached hydrogen (secondary N) is 1. The van der Waals surface area contributed by atoms with Gasteiger partial charge in [-0.2, -0.15) is 0 Å². The first-order chi connectivity index (χ1) is 11.6. The number of hydrogen-bond acceptors (Lipinski definition) is 5. The zero-order chi connectivity index (χ0) is 16.9. The van der Waals surface area contributed by atoms with Crippen LogP contribution >= 0.6 is 11.3 Å². The SMILES string of the molecule is Cc1nc(CN2CCC(CN[C@H](C)c3cncc(F)c3)CC2)cs1. The van der Waals surface area contributed by atoms with Gasteiger partial charge < -0.3 is 5.32 Å². The van der Waals surface area contributed by atoms with Gasteiger partial charge in [0.15, 0.2) is 0 Å². The Kier molecular flexibility index (Phi) is 5.92. The molecule has 0 unspecified atom stereocenters. The maximum absolute atomic E-state index is 13.2. The number of pyridine rings is 1. The Hall–Kier alpha value is -1.37. The van der Waals surface area contributed by atoms with Gasteiger partial charge in [0.2, 0.25) is 0 Å². The second-order valence-corrected chi connectivity index (χ2v) is 7.71. The van der Waals surface area contributed by atoms with Crippen molar-refractivity contribution in [1.82, 2.24) is 20.2 Å². The molecule has 0 amide bonds. The number of rotatable bonds is 6. The predicted octanol–water partition coefficient (Wildman–Crippen LogP) is 3.55. The van der Waals surface area contributed by atoms with Crippen molar-refractivity contribution >= 4 is 11.3 Å². The Morgan fingerprint density at radius 1 is 1.38 bits per heavy atom. The lowest BCUT2D eigenvalue weighted by molar-refractivity contribution is 0.172. The minimum atomic E-state index is -0.272. The number of halogens is 1. The molecule has 2 aromatic heterocycles. The fourth-order valence-corrected chi connectivity index (χ4v) is 3.79. The first-order valence-electron chi connectivity index (χ1n) is 8.57. The van der Waals surface area contributed by atoms with Crippen molar-refractivity contribution in [3.63, 3.8) is 0 Å². The normalized spacial score (nSPS) is 18.0. The van der Waals surface area contributed by atoms with E-state index in [9.17, 15) is 4.39 Å². The third-order valence-corrected chi connectivity index (χ3v) is 5.52. The molecule has 24 heavy (non-hydrogen) atoms. The van der Waals surface area contributed by atoms with Gasteiger partial charge in [-0.05, 0) is 63.9 Å². The van der Waals surface area contributed by atoms with Crippen LogP contribution in [0.4, 0.5) is 4.39 Å². The van der Waals surface area contributed by atoms with Crippen LogP contribution in [0, 0.1) is 18.7 Å². The smallest absolute Gasteiger partial charge is 0.141 e. The number of nitrogens with zero attached hydrogens (tertiary/aromatic N) is 3. The number of thiazole rings is 1. The van der Waals surface area contributed by atoms with Crippen molar-refractivity contribution in [2.45, 2.75) is 39.3 Å². The largest absolute Gasteiger partial charge is 0.310 e. The fraction of sp³-hybridized carbons (Fsp3) is 0.556. The highest BCUT2D eigenvalue weighted by atomic mass is 32.1. The van der Waals surface area contributed by atoms with Crippen LogP contribution in [-0.2, 0) is 6.54 Å². The average molecular weight is 348 g/mol. The van der Waals surface area contributed by atoms with Crippen LogP contribution in [0.5, 0.6) is 0 Å². The third-order valence-electron chi connectivity index (χ3n) is 4.70. The van der Waals surface area contributed by atoms with E-state index in [1.807, 2.05) is 0 Å². The summed E-state index contributed by atoms with van der Waals surface area (Å²) < 4.78 is 13.2. The van der Waals surface area contributed by atoms with Gasteiger partial charge >= 0.3 is 0 Å². The maximum Gasteiger partial charge on any atom is 0.141 e. The van der Waals surface area contributed by atoms with E-state index < -0.39 is 0 Å². The molecule has 1 fully saturated rings. The quantitative estimate of drug-likeness (QED) is 0.867. The van der Waals surface area contributed by atoms with Crippen LogP contribution in [-0.4, -0.2) is 34.5 Å². The number of likely N-dealkylation sites (tertiary alicyclic amines) is 1. The lowest BCUT2D eigenvalue weighted by atomic mass is 9.96. The molecule has 1 aliphatic rings. The van der Waals surface area contributed by atoms with Gasteiger partial charge in [0.25, 0.3) is 0 Å². The third kappa shape index (κ3) is 4.82. The summed E-state index contributed by atoms with van der Waals surface area (Å²) in [7, 11) is 0. The standard InChI is InChI=1S/C18H25FN4S/c1-13(16-7-17(19)10-20-9-16)21-8-15-3-5-23(6-4-15)11-18-12-24-14(2)22-18/h7,9-10,12-13,15,21H,3-6,8,11H2,1-2H3/t13-/m1/s1. The average Bonchev–Trinajstić information content (AvgIpc) is 2.99. The van der Waals surface area contributed by atoms with Crippen LogP contribution in [0.1, 0.15) is 42.1 Å². The van der Waals surface area contributed by atoms with Gasteiger partial charge in [0.1, 0.15) is 5.82 Å². The highest BCUT2D eigenvalue weighted by molar-refractivity contribution is 7.09. The molecule has 1 atom stereocenters. The van der Waals surface area contributed by atoms with Crippen molar-refractivity contribution in [2.75, 3.05) is 19.6 Å². The zero-order valence-corrected chi connectivity index (χ0v) is 15.2. The van der Waals surface area contributed by atoms with Gasteiger partial charge in [0.05, 0.1) is 16.9 Å². The van der Waals surface area contributed by atoms with E-state index in [0.717, 1.165) is 36.8 Å². The Morgan fingerprint density at radius 3 is 2.83 bits per heavy atom. The molecule has 0 radical (unpaired) electrons. The van der Waals surface area contributed by atoms with Crippen LogP contribution < -0.4 is 5.32 Å². The minimum Gasteiger partial charge on any atom is -0.310 e. The van der Waals surface area contributed by atoms with Crippen LogP contribution in [0.15, 0.2) is 23.8 Å². The van der Waals surface area contributed by atoms with Gasteiger partial charge in [-0.1, -0.05) is 0 Å². The molecule has 1 aliphatic heterocycles. The molecule has 3 rings (SSSR count). The van der Waals surface area contributed by atoms with Gasteiger partial charge in [-0.25, -0.2) is 9.37 Å². The summed E-state index contributed by atoms with van der Waals surface area (Å²) >= 11 is 1.72. The maximum atomic E-state index is 13.2. The van der Waals surface area contributed by atoms with Gasteiger partial charge in [0, 0.05) is 24.2 Å². The molecule has 0 saturated carbocycles. The van der Waals surface area contributed by atoms with Crippen molar-refractivity contribution in [3.8, 4) is 0 Å². The lowest BCUT2D eigenvalue weighted by Crippen LogP contribution is -2.37. The summed E-state index contributed by atoms with van der Waals surface area (Å²) in [6, 6.07) is 1.69. The Labute approximate surface area is 147 Å². The number of aryl methyl sites for hydroxylation is 1. The van der Waals surface area contributed by atoms with Crippen molar-refractivity contribution in [3.05, 3.63) is 45.9 Å². The molecule has 0 spiro atoms. The van der Waals surface area contributed by atoms with E-state index in [4.69, 9.17) is 0 Å². The van der Waals surface area contributed by atoms with E-state index >= 15 is 0 Å². The molecule has 4 nitrogen and oxygen atoms in total. The van der Waals surface area contributed by atoms with Crippen molar-refractivity contribution in [1.29, 1.82) is 0 Å². The van der Waals surface area contributed by atoms with Crippen molar-refractivity contribution < 1.29 is 4.39 Å². The molecule has 2 aromatic rings. The molecule has 1 saturated heterocycles. The highest BCUT2D eigenvalue weighted by Crippen LogP contribution is 2.20. The monoisotopic (exact) mass is 348 g/mol. The molecular weight excluding hydrogens is 323 g/mol.